The molecule has 7 heteroatoms. The minimum atomic E-state index is -0.182. The highest BCUT2D eigenvalue weighted by Crippen LogP contribution is 1.98. The highest BCUT2D eigenvalue weighted by atomic mass is 32.1. The molecule has 5 N–H and O–H groups in total. The van der Waals surface area contributed by atoms with Crippen LogP contribution < -0.4 is 15.9 Å². The monoisotopic (exact) mass is 230 g/mol. The number of oxime groups is 1. The maximum atomic E-state index is 10.8. The van der Waals surface area contributed by atoms with Crippen LogP contribution in [0, 0.1) is 0 Å². The number of nitrogens with two attached hydrogens (primary N) is 1. The molecule has 15 heavy (non-hydrogen) atoms. The number of hydrogen-bond acceptors (Lipinski definition) is 5. The van der Waals surface area contributed by atoms with Crippen LogP contribution in [-0.2, 0) is 6.54 Å². The van der Waals surface area contributed by atoms with Crippen molar-refractivity contribution in [3.05, 3.63) is 20.7 Å². The minimum Gasteiger partial charge on any atom is -0.409 e. The van der Waals surface area contributed by atoms with Crippen LogP contribution in [0.2, 0.25) is 0 Å². The Bertz CT molecular complexity index is 384. The van der Waals surface area contributed by atoms with Gasteiger partial charge in [-0.3, -0.25) is 4.79 Å². The normalized spacial score (nSPS) is 14.1. The number of thiazole rings is 1. The third-order valence-electron chi connectivity index (χ3n) is 1.99. The Morgan fingerprint density at radius 3 is 3.07 bits per heavy atom. The molecule has 0 fully saturated rings. The van der Waals surface area contributed by atoms with E-state index in [0.717, 1.165) is 17.0 Å². The van der Waals surface area contributed by atoms with Crippen LogP contribution in [0.4, 0.5) is 0 Å². The number of nitrogens with one attached hydrogen (secondary N) is 2. The van der Waals surface area contributed by atoms with Crippen molar-refractivity contribution in [3.63, 3.8) is 0 Å². The molecule has 0 spiro atoms. The van der Waals surface area contributed by atoms with Crippen LogP contribution in [0.15, 0.2) is 15.3 Å². The summed E-state index contributed by atoms with van der Waals surface area (Å²) in [5, 5.41) is 16.3. The van der Waals surface area contributed by atoms with Crippen LogP contribution in [0.1, 0.15) is 19.0 Å². The molecule has 1 rings (SSSR count). The second-order valence-corrected chi connectivity index (χ2v) is 3.88. The number of nitrogens with zero attached hydrogens (tertiary/aromatic N) is 1. The number of H-pyrrole nitrogens is 1. The van der Waals surface area contributed by atoms with Crippen LogP contribution in [0.25, 0.3) is 0 Å². The summed E-state index contributed by atoms with van der Waals surface area (Å²) < 4.78 is 0. The Morgan fingerprint density at radius 1 is 1.87 bits per heavy atom. The van der Waals surface area contributed by atoms with Crippen molar-refractivity contribution in [1.29, 1.82) is 0 Å². The van der Waals surface area contributed by atoms with Gasteiger partial charge in [-0.25, -0.2) is 0 Å². The van der Waals surface area contributed by atoms with Gasteiger partial charge in [-0.15, -0.1) is 0 Å². The van der Waals surface area contributed by atoms with Crippen LogP contribution in [-0.4, -0.2) is 22.1 Å². The first-order valence-corrected chi connectivity index (χ1v) is 5.42. The summed E-state index contributed by atoms with van der Waals surface area (Å²) in [4.78, 5) is 13.4. The van der Waals surface area contributed by atoms with E-state index in [1.807, 2.05) is 6.92 Å². The van der Waals surface area contributed by atoms with E-state index in [-0.39, 0.29) is 16.8 Å². The van der Waals surface area contributed by atoms with Gasteiger partial charge in [0.05, 0.1) is 6.04 Å². The smallest absolute Gasteiger partial charge is 0.304 e. The van der Waals surface area contributed by atoms with E-state index >= 15 is 0 Å². The molecule has 0 aromatic carbocycles. The Morgan fingerprint density at radius 2 is 2.60 bits per heavy atom. The predicted octanol–water partition coefficient (Wildman–Crippen LogP) is 0.0510. The topological polar surface area (TPSA) is 104 Å². The van der Waals surface area contributed by atoms with Crippen molar-refractivity contribution in [2.75, 3.05) is 0 Å². The van der Waals surface area contributed by atoms with Gasteiger partial charge in [0.2, 0.25) is 0 Å². The second-order valence-electron chi connectivity index (χ2n) is 3.04. The lowest BCUT2D eigenvalue weighted by Gasteiger charge is -2.14. The molecular weight excluding hydrogens is 216 g/mol. The molecule has 1 atom stereocenters. The van der Waals surface area contributed by atoms with Gasteiger partial charge in [0.15, 0.2) is 5.84 Å². The molecule has 1 aromatic rings. The van der Waals surface area contributed by atoms with Crippen molar-refractivity contribution < 1.29 is 5.21 Å². The average Bonchev–Trinajstić information content (AvgIpc) is 2.64. The summed E-state index contributed by atoms with van der Waals surface area (Å²) >= 11 is 1.12. The van der Waals surface area contributed by atoms with E-state index in [4.69, 9.17) is 10.9 Å². The fourth-order valence-corrected chi connectivity index (χ4v) is 1.74. The zero-order chi connectivity index (χ0) is 11.3. The van der Waals surface area contributed by atoms with Gasteiger partial charge in [0, 0.05) is 17.6 Å². The molecule has 0 aliphatic heterocycles. The van der Waals surface area contributed by atoms with Crippen molar-refractivity contribution in [1.82, 2.24) is 10.3 Å². The standard InChI is InChI=1S/C8H14N4O2S/c1-2-6(7(9)12-14)10-3-5-4-15-8(13)11-5/h4,6,10,14H,2-3H2,1H3,(H2,9,12)(H,11,13). The Hall–Kier alpha value is -1.34. The fraction of sp³-hybridized carbons (Fsp3) is 0.500. The summed E-state index contributed by atoms with van der Waals surface area (Å²) in [6.07, 6.45) is 0.713. The molecular formula is C8H14N4O2S. The lowest BCUT2D eigenvalue weighted by Crippen LogP contribution is -2.40. The van der Waals surface area contributed by atoms with Gasteiger partial charge in [-0.2, -0.15) is 0 Å². The Labute approximate surface area is 90.8 Å². The van der Waals surface area contributed by atoms with Gasteiger partial charge in [-0.05, 0) is 6.42 Å². The maximum Gasteiger partial charge on any atom is 0.304 e. The van der Waals surface area contributed by atoms with E-state index in [9.17, 15) is 4.79 Å². The molecule has 0 saturated carbocycles. The van der Waals surface area contributed by atoms with E-state index < -0.39 is 0 Å². The Kier molecular flexibility index (Phi) is 4.32. The van der Waals surface area contributed by atoms with E-state index in [0.29, 0.717) is 13.0 Å². The van der Waals surface area contributed by atoms with Crippen molar-refractivity contribution in [2.24, 2.45) is 10.9 Å². The summed E-state index contributed by atoms with van der Waals surface area (Å²) in [7, 11) is 0. The number of hydrogen-bond donors (Lipinski definition) is 4. The van der Waals surface area contributed by atoms with Gasteiger partial charge in [0.25, 0.3) is 0 Å². The number of aromatic amines is 1. The summed E-state index contributed by atoms with van der Waals surface area (Å²) in [5.74, 6) is 0.148. The zero-order valence-corrected chi connectivity index (χ0v) is 9.17. The lowest BCUT2D eigenvalue weighted by molar-refractivity contribution is 0.314. The Balaban J connectivity index is 2.51. The van der Waals surface area contributed by atoms with Crippen LogP contribution in [0.3, 0.4) is 0 Å². The van der Waals surface area contributed by atoms with E-state index in [1.165, 1.54) is 0 Å². The first-order chi connectivity index (χ1) is 7.17. The molecule has 0 saturated heterocycles. The molecule has 84 valence electrons. The molecule has 1 heterocycles. The third kappa shape index (κ3) is 3.37. The van der Waals surface area contributed by atoms with Gasteiger partial charge in [0.1, 0.15) is 0 Å². The number of aromatic nitrogens is 1. The minimum absolute atomic E-state index is 0.0800. The highest BCUT2D eigenvalue weighted by molar-refractivity contribution is 7.07. The van der Waals surface area contributed by atoms with E-state index in [2.05, 4.69) is 15.5 Å². The summed E-state index contributed by atoms with van der Waals surface area (Å²) in [5.41, 5.74) is 6.27. The average molecular weight is 230 g/mol. The first-order valence-electron chi connectivity index (χ1n) is 4.54. The molecule has 6 nitrogen and oxygen atoms in total. The molecule has 0 radical (unpaired) electrons. The summed E-state index contributed by atoms with van der Waals surface area (Å²) in [6.45, 7) is 2.42. The zero-order valence-electron chi connectivity index (χ0n) is 8.36. The SMILES string of the molecule is CCC(NCc1csc(=O)[nH]1)C(N)=NO. The molecule has 1 aromatic heterocycles. The van der Waals surface area contributed by atoms with Crippen molar-refractivity contribution in [3.8, 4) is 0 Å². The maximum absolute atomic E-state index is 10.8. The predicted molar refractivity (Wildman–Crippen MR) is 59.3 cm³/mol. The quantitative estimate of drug-likeness (QED) is 0.248. The molecule has 0 bridgehead atoms. The largest absolute Gasteiger partial charge is 0.409 e. The molecule has 0 amide bonds. The molecule has 0 aliphatic carbocycles. The lowest BCUT2D eigenvalue weighted by atomic mass is 10.2. The number of rotatable bonds is 5. The molecule has 1 unspecified atom stereocenters. The third-order valence-corrected chi connectivity index (χ3v) is 2.71. The second kappa shape index (κ2) is 5.52. The van der Waals surface area contributed by atoms with Crippen LogP contribution >= 0.6 is 11.3 Å². The highest BCUT2D eigenvalue weighted by Gasteiger charge is 2.10. The van der Waals surface area contributed by atoms with Gasteiger partial charge in [-0.1, -0.05) is 23.4 Å². The van der Waals surface area contributed by atoms with Gasteiger partial charge < -0.3 is 21.2 Å². The number of amidine groups is 1. The van der Waals surface area contributed by atoms with Crippen LogP contribution in [0.5, 0.6) is 0 Å². The summed E-state index contributed by atoms with van der Waals surface area (Å²) in [6, 6.07) is -0.182. The van der Waals surface area contributed by atoms with E-state index in [1.54, 1.807) is 5.38 Å². The first kappa shape index (κ1) is 11.7. The molecule has 0 aliphatic rings. The fourth-order valence-electron chi connectivity index (χ4n) is 1.16. The van der Waals surface area contributed by atoms with Gasteiger partial charge >= 0.3 is 4.87 Å². The van der Waals surface area contributed by atoms with Crippen molar-refractivity contribution in [2.45, 2.75) is 25.9 Å². The van der Waals surface area contributed by atoms with Crippen molar-refractivity contribution >= 4 is 17.2 Å².